The summed E-state index contributed by atoms with van der Waals surface area (Å²) in [5.74, 6) is -0.372. The smallest absolute Gasteiger partial charge is 0.417 e. The van der Waals surface area contributed by atoms with Crippen molar-refractivity contribution >= 4 is 29.2 Å². The Morgan fingerprint density at radius 3 is 2.89 bits per heavy atom. The van der Waals surface area contributed by atoms with E-state index in [0.29, 0.717) is 25.1 Å². The van der Waals surface area contributed by atoms with Crippen LogP contribution in [-0.4, -0.2) is 53.4 Å². The Morgan fingerprint density at radius 2 is 2.26 bits per heavy atom. The highest BCUT2D eigenvalue weighted by Crippen LogP contribution is 2.22. The van der Waals surface area contributed by atoms with Gasteiger partial charge in [-0.05, 0) is 17.9 Å². The van der Waals surface area contributed by atoms with Gasteiger partial charge in [-0.25, -0.2) is 9.69 Å². The number of rotatable bonds is 2. The Bertz CT molecular complexity index is 512. The molecule has 6 nitrogen and oxygen atoms in total. The Hall–Kier alpha value is -1.89. The lowest BCUT2D eigenvalue weighted by molar-refractivity contribution is -0.127. The number of cyclic esters (lactones) is 1. The fourth-order valence-electron chi connectivity index (χ4n) is 2.42. The highest BCUT2D eigenvalue weighted by atomic mass is 32.1. The summed E-state index contributed by atoms with van der Waals surface area (Å²) in [4.78, 5) is 38.0. The SMILES string of the molecule is O=C(c1ccsc1)N1CC[C@H](N2C(=O)COC2=O)C1. The summed E-state index contributed by atoms with van der Waals surface area (Å²) in [5.41, 5.74) is 0.654. The largest absolute Gasteiger partial charge is 0.439 e. The van der Waals surface area contributed by atoms with Crippen molar-refractivity contribution in [3.8, 4) is 0 Å². The van der Waals surface area contributed by atoms with Gasteiger partial charge in [-0.3, -0.25) is 9.59 Å². The number of carbonyl (C=O) groups is 3. The molecule has 0 aliphatic carbocycles. The highest BCUT2D eigenvalue weighted by Gasteiger charge is 2.41. The monoisotopic (exact) mass is 280 g/mol. The van der Waals surface area contributed by atoms with Gasteiger partial charge in [-0.1, -0.05) is 0 Å². The van der Waals surface area contributed by atoms with E-state index in [2.05, 4.69) is 0 Å². The first-order valence-electron chi connectivity index (χ1n) is 5.97. The molecule has 0 N–H and O–H groups in total. The third kappa shape index (κ3) is 2.10. The first kappa shape index (κ1) is 12.2. The van der Waals surface area contributed by atoms with Crippen LogP contribution < -0.4 is 0 Å². The molecule has 0 aromatic carbocycles. The molecule has 2 aliphatic rings. The Kier molecular flexibility index (Phi) is 2.98. The van der Waals surface area contributed by atoms with E-state index in [0.717, 1.165) is 4.90 Å². The molecule has 0 radical (unpaired) electrons. The molecular formula is C12H12N2O4S. The standard InChI is InChI=1S/C12H12N2O4S/c15-10-6-18-12(17)14(10)9-1-3-13(5-9)11(16)8-2-4-19-7-8/h2,4,7,9H,1,3,5-6H2/t9-/m0/s1. The fourth-order valence-corrected chi connectivity index (χ4v) is 3.05. The van der Waals surface area contributed by atoms with Crippen molar-refractivity contribution in [1.82, 2.24) is 9.80 Å². The molecule has 1 atom stereocenters. The fraction of sp³-hybridized carbons (Fsp3) is 0.417. The Balaban J connectivity index is 1.69. The minimum absolute atomic E-state index is 0.0521. The van der Waals surface area contributed by atoms with E-state index < -0.39 is 6.09 Å². The molecule has 0 spiro atoms. The number of nitrogens with zero attached hydrogens (tertiary/aromatic N) is 2. The predicted octanol–water partition coefficient (Wildman–Crippen LogP) is 0.941. The first-order valence-corrected chi connectivity index (χ1v) is 6.91. The molecule has 100 valence electrons. The van der Waals surface area contributed by atoms with Gasteiger partial charge in [0.05, 0.1) is 11.6 Å². The van der Waals surface area contributed by atoms with Crippen LogP contribution in [0.4, 0.5) is 4.79 Å². The second kappa shape index (κ2) is 4.65. The van der Waals surface area contributed by atoms with Crippen molar-refractivity contribution in [1.29, 1.82) is 0 Å². The summed E-state index contributed by atoms with van der Waals surface area (Å²) < 4.78 is 4.69. The second-order valence-electron chi connectivity index (χ2n) is 4.52. The summed E-state index contributed by atoms with van der Waals surface area (Å²) in [6.45, 7) is 0.750. The Morgan fingerprint density at radius 1 is 1.42 bits per heavy atom. The number of hydrogen-bond donors (Lipinski definition) is 0. The van der Waals surface area contributed by atoms with Crippen LogP contribution in [0, 0.1) is 0 Å². The topological polar surface area (TPSA) is 66.9 Å². The number of thiophene rings is 1. The first-order chi connectivity index (χ1) is 9.16. The van der Waals surface area contributed by atoms with Crippen LogP contribution in [0.2, 0.25) is 0 Å². The van der Waals surface area contributed by atoms with Gasteiger partial charge < -0.3 is 9.64 Å². The molecule has 3 heterocycles. The van der Waals surface area contributed by atoms with Crippen molar-refractivity contribution in [3.63, 3.8) is 0 Å². The van der Waals surface area contributed by atoms with Crippen LogP contribution in [-0.2, 0) is 9.53 Å². The minimum atomic E-state index is -0.597. The number of carbonyl (C=O) groups excluding carboxylic acids is 3. The van der Waals surface area contributed by atoms with Crippen LogP contribution in [0.25, 0.3) is 0 Å². The molecule has 1 aromatic rings. The average molecular weight is 280 g/mol. The van der Waals surface area contributed by atoms with E-state index in [4.69, 9.17) is 4.74 Å². The van der Waals surface area contributed by atoms with Crippen molar-refractivity contribution in [2.75, 3.05) is 19.7 Å². The molecular weight excluding hydrogens is 268 g/mol. The molecule has 2 saturated heterocycles. The summed E-state index contributed by atoms with van der Waals surface area (Å²) in [6, 6.07) is 1.51. The maximum Gasteiger partial charge on any atom is 0.417 e. The predicted molar refractivity (Wildman–Crippen MR) is 66.8 cm³/mol. The zero-order chi connectivity index (χ0) is 13.4. The molecule has 3 amide bonds. The normalized spacial score (nSPS) is 23.1. The maximum atomic E-state index is 12.1. The summed E-state index contributed by atoms with van der Waals surface area (Å²) in [6.07, 6.45) is 0.0105. The van der Waals surface area contributed by atoms with Crippen LogP contribution in [0.3, 0.4) is 0 Å². The zero-order valence-electron chi connectivity index (χ0n) is 10.1. The lowest BCUT2D eigenvalue weighted by atomic mass is 10.2. The average Bonchev–Trinajstić information content (AvgIpc) is 3.10. The van der Waals surface area contributed by atoms with Gasteiger partial charge in [0.2, 0.25) is 0 Å². The van der Waals surface area contributed by atoms with E-state index in [1.807, 2.05) is 5.38 Å². The molecule has 7 heteroatoms. The quantitative estimate of drug-likeness (QED) is 0.808. The number of amides is 3. The number of likely N-dealkylation sites (tertiary alicyclic amines) is 1. The van der Waals surface area contributed by atoms with Crippen LogP contribution >= 0.6 is 11.3 Å². The van der Waals surface area contributed by atoms with Gasteiger partial charge in [0.25, 0.3) is 11.8 Å². The lowest BCUT2D eigenvalue weighted by Gasteiger charge is -2.20. The molecule has 0 unspecified atom stereocenters. The molecule has 0 saturated carbocycles. The summed E-state index contributed by atoms with van der Waals surface area (Å²) in [5, 5.41) is 3.65. The van der Waals surface area contributed by atoms with E-state index in [1.165, 1.54) is 11.3 Å². The van der Waals surface area contributed by atoms with Gasteiger partial charge in [0.1, 0.15) is 0 Å². The van der Waals surface area contributed by atoms with Crippen LogP contribution in [0.5, 0.6) is 0 Å². The van der Waals surface area contributed by atoms with Crippen molar-refractivity contribution in [3.05, 3.63) is 22.4 Å². The summed E-state index contributed by atoms with van der Waals surface area (Å²) >= 11 is 1.47. The van der Waals surface area contributed by atoms with Crippen LogP contribution in [0.15, 0.2) is 16.8 Å². The molecule has 0 bridgehead atoms. The van der Waals surface area contributed by atoms with E-state index in [9.17, 15) is 14.4 Å². The van der Waals surface area contributed by atoms with Crippen molar-refractivity contribution in [2.24, 2.45) is 0 Å². The van der Waals surface area contributed by atoms with Gasteiger partial charge in [0, 0.05) is 18.5 Å². The number of imide groups is 1. The molecule has 1 aromatic heterocycles. The second-order valence-corrected chi connectivity index (χ2v) is 5.30. The molecule has 2 aliphatic heterocycles. The molecule has 3 rings (SSSR count). The van der Waals surface area contributed by atoms with E-state index in [1.54, 1.807) is 16.3 Å². The number of ether oxygens (including phenoxy) is 1. The number of hydrogen-bond acceptors (Lipinski definition) is 5. The third-order valence-corrected chi connectivity index (χ3v) is 4.05. The van der Waals surface area contributed by atoms with Gasteiger partial charge in [-0.15, -0.1) is 0 Å². The minimum Gasteiger partial charge on any atom is -0.439 e. The van der Waals surface area contributed by atoms with Gasteiger partial charge in [0.15, 0.2) is 6.61 Å². The maximum absolute atomic E-state index is 12.1. The van der Waals surface area contributed by atoms with Gasteiger partial charge in [-0.2, -0.15) is 11.3 Å². The molecule has 2 fully saturated rings. The van der Waals surface area contributed by atoms with Crippen molar-refractivity contribution in [2.45, 2.75) is 12.5 Å². The van der Waals surface area contributed by atoms with Crippen LogP contribution in [0.1, 0.15) is 16.8 Å². The van der Waals surface area contributed by atoms with Crippen molar-refractivity contribution < 1.29 is 19.1 Å². The zero-order valence-corrected chi connectivity index (χ0v) is 10.9. The van der Waals surface area contributed by atoms with E-state index >= 15 is 0 Å². The third-order valence-electron chi connectivity index (χ3n) is 3.37. The highest BCUT2D eigenvalue weighted by molar-refractivity contribution is 7.08. The van der Waals surface area contributed by atoms with E-state index in [-0.39, 0.29) is 24.5 Å². The lowest BCUT2D eigenvalue weighted by Crippen LogP contribution is -2.41. The molecule has 19 heavy (non-hydrogen) atoms. The Labute approximate surface area is 113 Å². The summed E-state index contributed by atoms with van der Waals surface area (Å²) in [7, 11) is 0. The van der Waals surface area contributed by atoms with Gasteiger partial charge >= 0.3 is 6.09 Å².